The molecule has 1 spiro atoms. The van der Waals surface area contributed by atoms with Gasteiger partial charge in [0.05, 0.1) is 18.8 Å². The van der Waals surface area contributed by atoms with Gasteiger partial charge >= 0.3 is 0 Å². The fraction of sp³-hybridized carbons (Fsp3) is 0.455. The third-order valence-electron chi connectivity index (χ3n) is 5.66. The molecule has 0 bridgehead atoms. The molecule has 0 saturated carbocycles. The summed E-state index contributed by atoms with van der Waals surface area (Å²) in [6.07, 6.45) is 2.00. The summed E-state index contributed by atoms with van der Waals surface area (Å²) < 4.78 is 37.0. The second-order valence-electron chi connectivity index (χ2n) is 8.01. The summed E-state index contributed by atoms with van der Waals surface area (Å²) in [7, 11) is 0. The maximum atomic E-state index is 13.6. The van der Waals surface area contributed by atoms with Crippen LogP contribution >= 0.6 is 23.2 Å². The van der Waals surface area contributed by atoms with Crippen molar-refractivity contribution in [2.75, 3.05) is 26.4 Å². The number of hydrogen-bond acceptors (Lipinski definition) is 6. The number of Topliss-reactive ketones (excluding diaryl/α,β-unsaturated/α-hetero) is 1. The zero-order chi connectivity index (χ0) is 22.9. The number of carbonyl (C=O) groups excluding carboxylic acids is 1. The van der Waals surface area contributed by atoms with Gasteiger partial charge in [0.1, 0.15) is 10.0 Å². The molecule has 3 heterocycles. The van der Waals surface area contributed by atoms with Crippen LogP contribution in [0.3, 0.4) is 0 Å². The summed E-state index contributed by atoms with van der Waals surface area (Å²) in [6.45, 7) is 3.08. The Labute approximate surface area is 194 Å². The molecule has 0 amide bonds. The average molecular weight is 486 g/mol. The molecule has 0 radical (unpaired) electrons. The van der Waals surface area contributed by atoms with Gasteiger partial charge in [0.2, 0.25) is 12.1 Å². The molecule has 2 aliphatic rings. The number of pyridine rings is 1. The fourth-order valence-electron chi connectivity index (χ4n) is 3.85. The van der Waals surface area contributed by atoms with Crippen molar-refractivity contribution in [3.8, 4) is 17.2 Å². The summed E-state index contributed by atoms with van der Waals surface area (Å²) in [4.78, 5) is 13.2. The normalized spacial score (nSPS) is 18.1. The number of fused-ring (bicyclic) bond motifs is 1. The molecule has 1 unspecified atom stereocenters. The first-order valence-corrected chi connectivity index (χ1v) is 10.9. The van der Waals surface area contributed by atoms with E-state index in [1.807, 2.05) is 0 Å². The topological polar surface area (TPSA) is 80.9 Å². The zero-order valence-electron chi connectivity index (χ0n) is 17.4. The predicted molar refractivity (Wildman–Crippen MR) is 115 cm³/mol. The molecule has 2 aromatic rings. The Hall–Kier alpha value is -2.29. The lowest BCUT2D eigenvalue weighted by Gasteiger charge is -2.34. The monoisotopic (exact) mass is 485 g/mol. The first kappa shape index (κ1) is 22.9. The summed E-state index contributed by atoms with van der Waals surface area (Å²) in [6, 6.07) is 2.98. The van der Waals surface area contributed by atoms with Crippen LogP contribution in [0, 0.1) is 10.6 Å². The van der Waals surface area contributed by atoms with E-state index in [9.17, 15) is 14.4 Å². The first-order chi connectivity index (χ1) is 15.3. The maximum Gasteiger partial charge on any atom is 0.236 e. The predicted octanol–water partition coefficient (Wildman–Crippen LogP) is 4.31. The molecule has 0 N–H and O–H groups in total. The summed E-state index contributed by atoms with van der Waals surface area (Å²) in [5, 5.41) is 11.7. The molecule has 1 aromatic carbocycles. The number of hydrogen-bond donors (Lipinski definition) is 0. The van der Waals surface area contributed by atoms with Crippen molar-refractivity contribution in [2.45, 2.75) is 32.5 Å². The van der Waals surface area contributed by atoms with E-state index < -0.39 is 6.36 Å². The van der Waals surface area contributed by atoms with Crippen LogP contribution in [0.1, 0.15) is 35.7 Å². The van der Waals surface area contributed by atoms with Gasteiger partial charge in [-0.1, -0.05) is 23.2 Å². The zero-order valence-corrected chi connectivity index (χ0v) is 18.9. The van der Waals surface area contributed by atoms with Gasteiger partial charge in [-0.05, 0) is 25.0 Å². The van der Waals surface area contributed by atoms with Crippen LogP contribution in [0.4, 0.5) is 4.39 Å². The van der Waals surface area contributed by atoms with Gasteiger partial charge in [0.25, 0.3) is 0 Å². The van der Waals surface area contributed by atoms with Crippen molar-refractivity contribution in [1.29, 1.82) is 0 Å². The highest BCUT2D eigenvalue weighted by molar-refractivity contribution is 6.36. The van der Waals surface area contributed by atoms with Crippen molar-refractivity contribution in [2.24, 2.45) is 5.41 Å². The Morgan fingerprint density at radius 1 is 1.19 bits per heavy atom. The van der Waals surface area contributed by atoms with E-state index in [1.54, 1.807) is 0 Å². The quantitative estimate of drug-likeness (QED) is 0.356. The smallest absolute Gasteiger partial charge is 0.236 e. The summed E-state index contributed by atoms with van der Waals surface area (Å²) >= 11 is 12.3. The molecular weight excluding hydrogens is 464 g/mol. The van der Waals surface area contributed by atoms with E-state index in [2.05, 4.69) is 0 Å². The lowest BCUT2D eigenvalue weighted by molar-refractivity contribution is -0.605. The largest absolute Gasteiger partial charge is 0.619 e. The summed E-state index contributed by atoms with van der Waals surface area (Å²) in [5.74, 6) is 0.184. The van der Waals surface area contributed by atoms with Crippen LogP contribution in [0.25, 0.3) is 0 Å². The molecule has 32 heavy (non-hydrogen) atoms. The van der Waals surface area contributed by atoms with Crippen LogP contribution < -0.4 is 18.9 Å². The van der Waals surface area contributed by atoms with Gasteiger partial charge in [-0.3, -0.25) is 4.79 Å². The average Bonchev–Trinajstić information content (AvgIpc) is 2.91. The van der Waals surface area contributed by atoms with Crippen LogP contribution in [0.5, 0.6) is 17.2 Å². The van der Waals surface area contributed by atoms with E-state index in [4.69, 9.17) is 42.1 Å². The Bertz CT molecular complexity index is 1000. The first-order valence-electron chi connectivity index (χ1n) is 10.2. The third-order valence-corrected chi connectivity index (χ3v) is 6.31. The van der Waals surface area contributed by atoms with Crippen LogP contribution in [0.15, 0.2) is 24.5 Å². The van der Waals surface area contributed by atoms with Crippen molar-refractivity contribution < 1.29 is 32.9 Å². The molecular formula is C22H22Cl2FNO6. The number of rotatable bonds is 5. The number of halogens is 3. The minimum absolute atomic E-state index is 0.0801. The molecule has 1 atom stereocenters. The Morgan fingerprint density at radius 2 is 1.81 bits per heavy atom. The van der Waals surface area contributed by atoms with E-state index in [0.29, 0.717) is 36.7 Å². The second-order valence-corrected chi connectivity index (χ2v) is 8.83. The number of aromatic nitrogens is 1. The maximum absolute atomic E-state index is 13.6. The van der Waals surface area contributed by atoms with Crippen molar-refractivity contribution in [3.63, 3.8) is 0 Å². The minimum atomic E-state index is -1.58. The van der Waals surface area contributed by atoms with Gasteiger partial charge in [-0.2, -0.15) is 4.73 Å². The Balaban J connectivity index is 1.69. The van der Waals surface area contributed by atoms with E-state index in [-0.39, 0.29) is 50.5 Å². The van der Waals surface area contributed by atoms with Gasteiger partial charge in [0.15, 0.2) is 29.7 Å². The van der Waals surface area contributed by atoms with E-state index >= 15 is 0 Å². The molecule has 4 rings (SSSR count). The van der Waals surface area contributed by atoms with Gasteiger partial charge in [-0.15, -0.1) is 0 Å². The van der Waals surface area contributed by atoms with Gasteiger partial charge in [0, 0.05) is 37.5 Å². The fourth-order valence-corrected chi connectivity index (χ4v) is 4.43. The van der Waals surface area contributed by atoms with Gasteiger partial charge < -0.3 is 24.2 Å². The van der Waals surface area contributed by atoms with Crippen LogP contribution in [-0.4, -0.2) is 38.6 Å². The number of benzene rings is 1. The molecule has 1 fully saturated rings. The van der Waals surface area contributed by atoms with Crippen LogP contribution in [0.2, 0.25) is 10.0 Å². The molecule has 1 aromatic heterocycles. The summed E-state index contributed by atoms with van der Waals surface area (Å²) in [5.41, 5.74) is 0.283. The molecule has 172 valence electrons. The number of nitrogens with zero attached hydrogens (tertiary/aromatic N) is 1. The SMILES string of the molecule is CC(F)Oc1ccc(C(=O)Cc2c(Cl)c[n+]([O-])cc2Cl)c2c1OCC1(CCOCC1)CO2. The lowest BCUT2D eigenvalue weighted by atomic mass is 9.82. The number of ether oxygens (including phenoxy) is 4. The molecule has 10 heteroatoms. The standard InChI is InChI=1S/C22H22Cl2FNO6/c1-13(25)32-19-3-2-14(18(27)8-15-16(23)9-26(28)10-17(15)24)20-21(19)31-12-22(11-30-20)4-6-29-7-5-22/h2-3,9-10,13H,4-8,11-12H2,1H3. The third kappa shape index (κ3) is 4.72. The van der Waals surface area contributed by atoms with Crippen molar-refractivity contribution >= 4 is 29.0 Å². The highest BCUT2D eigenvalue weighted by Crippen LogP contribution is 2.46. The molecule has 2 aliphatic heterocycles. The van der Waals surface area contributed by atoms with Crippen molar-refractivity contribution in [3.05, 3.63) is 50.9 Å². The molecule has 0 aliphatic carbocycles. The van der Waals surface area contributed by atoms with E-state index in [0.717, 1.165) is 25.2 Å². The van der Waals surface area contributed by atoms with Crippen molar-refractivity contribution in [1.82, 2.24) is 0 Å². The number of ketones is 1. The second kappa shape index (κ2) is 9.29. The van der Waals surface area contributed by atoms with E-state index in [1.165, 1.54) is 19.1 Å². The Morgan fingerprint density at radius 3 is 2.44 bits per heavy atom. The number of carbonyl (C=O) groups is 1. The lowest BCUT2D eigenvalue weighted by Crippen LogP contribution is -2.39. The number of alkyl halides is 1. The minimum Gasteiger partial charge on any atom is -0.619 e. The Kier molecular flexibility index (Phi) is 6.65. The highest BCUT2D eigenvalue weighted by atomic mass is 35.5. The van der Waals surface area contributed by atoms with Gasteiger partial charge in [-0.25, -0.2) is 4.39 Å². The molecule has 7 nitrogen and oxygen atoms in total. The molecule has 1 saturated heterocycles. The highest BCUT2D eigenvalue weighted by Gasteiger charge is 2.39. The van der Waals surface area contributed by atoms with Crippen LogP contribution in [-0.2, 0) is 11.2 Å².